The van der Waals surface area contributed by atoms with Gasteiger partial charge < -0.3 is 10.0 Å². The lowest BCUT2D eigenvalue weighted by molar-refractivity contribution is -0.125. The number of benzene rings is 1. The molecule has 0 spiro atoms. The van der Waals surface area contributed by atoms with Crippen molar-refractivity contribution in [1.82, 2.24) is 20.3 Å². The molecular weight excluding hydrogens is 521 g/mol. The summed E-state index contributed by atoms with van der Waals surface area (Å²) >= 11 is 0. The van der Waals surface area contributed by atoms with E-state index in [-0.39, 0.29) is 17.5 Å². The average Bonchev–Trinajstić information content (AvgIpc) is 3.84. The zero-order valence-electron chi connectivity index (χ0n) is 23.4. The number of amides is 1. The summed E-state index contributed by atoms with van der Waals surface area (Å²) in [5.41, 5.74) is 8.03. The molecule has 1 aliphatic carbocycles. The average molecular weight is 556 g/mol. The van der Waals surface area contributed by atoms with Crippen LogP contribution in [0.4, 0.5) is 4.39 Å². The molecule has 1 saturated carbocycles. The van der Waals surface area contributed by atoms with E-state index in [1.807, 2.05) is 29.0 Å². The van der Waals surface area contributed by atoms with Crippen LogP contribution in [0.3, 0.4) is 0 Å². The first kappa shape index (κ1) is 26.9. The third-order valence-electron chi connectivity index (χ3n) is 8.30. The third kappa shape index (κ3) is 5.28. The zero-order valence-corrected chi connectivity index (χ0v) is 23.4. The van der Waals surface area contributed by atoms with Crippen molar-refractivity contribution in [2.45, 2.75) is 64.8 Å². The minimum absolute atomic E-state index is 0.0399. The summed E-state index contributed by atoms with van der Waals surface area (Å²) in [6.07, 6.45) is 12.1. The van der Waals surface area contributed by atoms with Crippen LogP contribution in [-0.2, 0) is 4.79 Å². The lowest BCUT2D eigenvalue weighted by atomic mass is 9.97. The molecule has 1 aromatic carbocycles. The highest BCUT2D eigenvalue weighted by atomic mass is 19.1. The van der Waals surface area contributed by atoms with E-state index in [1.54, 1.807) is 18.2 Å². The van der Waals surface area contributed by atoms with E-state index < -0.39 is 11.8 Å². The van der Waals surface area contributed by atoms with Gasteiger partial charge in [-0.25, -0.2) is 19.2 Å². The number of nitrogens with one attached hydrogen (secondary N) is 1. The number of hydrogen-bond donors (Lipinski definition) is 2. The molecule has 9 heteroatoms. The van der Waals surface area contributed by atoms with Gasteiger partial charge in [0.05, 0.1) is 11.3 Å². The first-order chi connectivity index (χ1) is 19.8. The molecule has 2 aromatic rings. The Kier molecular flexibility index (Phi) is 7.19. The molecule has 212 valence electrons. The minimum Gasteiger partial charge on any atom is -0.478 e. The summed E-state index contributed by atoms with van der Waals surface area (Å²) in [6.45, 7) is 4.87. The van der Waals surface area contributed by atoms with Gasteiger partial charge in [0.25, 0.3) is 5.91 Å². The van der Waals surface area contributed by atoms with Crippen molar-refractivity contribution in [1.29, 1.82) is 0 Å². The number of carbonyl (C=O) groups excluding carboxylic acids is 1. The molecule has 2 fully saturated rings. The number of carboxylic acid groups (broad SMARTS) is 1. The highest BCUT2D eigenvalue weighted by Gasteiger charge is 2.38. The van der Waals surface area contributed by atoms with Crippen molar-refractivity contribution in [3.63, 3.8) is 0 Å². The number of halogens is 1. The van der Waals surface area contributed by atoms with Crippen molar-refractivity contribution < 1.29 is 19.1 Å². The van der Waals surface area contributed by atoms with Crippen LogP contribution >= 0.6 is 0 Å². The molecule has 0 bridgehead atoms. The first-order valence-corrected chi connectivity index (χ1v) is 14.5. The number of nitrogens with zero attached hydrogens (tertiary/aromatic N) is 4. The van der Waals surface area contributed by atoms with Crippen LogP contribution in [0, 0.1) is 11.7 Å². The second-order valence-electron chi connectivity index (χ2n) is 11.2. The Bertz CT molecular complexity index is 1520. The van der Waals surface area contributed by atoms with Crippen molar-refractivity contribution in [3.05, 3.63) is 82.8 Å². The van der Waals surface area contributed by atoms with Crippen LogP contribution in [-0.4, -0.2) is 50.2 Å². The van der Waals surface area contributed by atoms with Gasteiger partial charge in [-0.1, -0.05) is 31.9 Å². The first-order valence-electron chi connectivity index (χ1n) is 14.5. The zero-order chi connectivity index (χ0) is 28.7. The Morgan fingerprint density at radius 3 is 2.61 bits per heavy atom. The molecule has 0 unspecified atom stereocenters. The standard InChI is InChI=1S/C32H34FN5O3/c1-3-26-24(23-12-10-21(15-25(23)33)27-13-11-22(18-34-27)32(40)41)16-30-35-28(17-29(20-8-9-20)38(30)36-26)31(39)37-14-6-4-5-7-19(37)2/h10-13,15-20,36H,3-9,14H2,1-2H3,(H,40,41)/t19-/m1/s1. The number of rotatable bonds is 6. The maximum atomic E-state index is 15.7. The fraction of sp³-hybridized carbons (Fsp3) is 0.375. The molecule has 6 rings (SSSR count). The summed E-state index contributed by atoms with van der Waals surface area (Å²) in [5, 5.41) is 11.1. The van der Waals surface area contributed by atoms with Gasteiger partial charge in [-0.3, -0.25) is 15.2 Å². The van der Waals surface area contributed by atoms with Crippen molar-refractivity contribution in [2.75, 3.05) is 6.54 Å². The molecule has 1 saturated heterocycles. The lowest BCUT2D eigenvalue weighted by Crippen LogP contribution is -2.45. The molecule has 1 aromatic heterocycles. The normalized spacial score (nSPS) is 20.9. The number of allylic oxidation sites excluding steroid dienone is 4. The molecule has 1 atom stereocenters. The number of carbonyl (C=O) groups is 2. The number of hydrogen-bond acceptors (Lipinski definition) is 6. The van der Waals surface area contributed by atoms with Crippen LogP contribution in [0.1, 0.15) is 74.7 Å². The highest BCUT2D eigenvalue weighted by Crippen LogP contribution is 2.43. The van der Waals surface area contributed by atoms with E-state index in [0.717, 1.165) is 56.5 Å². The van der Waals surface area contributed by atoms with Gasteiger partial charge >= 0.3 is 5.97 Å². The van der Waals surface area contributed by atoms with E-state index in [2.05, 4.69) is 17.3 Å². The number of pyridine rings is 1. The van der Waals surface area contributed by atoms with E-state index in [4.69, 9.17) is 10.1 Å². The smallest absolute Gasteiger partial charge is 0.337 e. The minimum atomic E-state index is -1.06. The van der Waals surface area contributed by atoms with Crippen molar-refractivity contribution in [3.8, 4) is 11.3 Å². The third-order valence-corrected chi connectivity index (χ3v) is 8.30. The van der Waals surface area contributed by atoms with Crippen LogP contribution in [0.15, 0.2) is 70.9 Å². The predicted octanol–water partition coefficient (Wildman–Crippen LogP) is 5.91. The van der Waals surface area contributed by atoms with Crippen molar-refractivity contribution in [2.24, 2.45) is 10.9 Å². The fourth-order valence-corrected chi connectivity index (χ4v) is 5.78. The summed E-state index contributed by atoms with van der Waals surface area (Å²) in [7, 11) is 0. The van der Waals surface area contributed by atoms with Crippen LogP contribution < -0.4 is 5.43 Å². The summed E-state index contributed by atoms with van der Waals surface area (Å²) in [5.74, 6) is -0.579. The maximum absolute atomic E-state index is 15.7. The Morgan fingerprint density at radius 1 is 1.10 bits per heavy atom. The van der Waals surface area contributed by atoms with Crippen LogP contribution in [0.5, 0.6) is 0 Å². The molecule has 4 aliphatic rings. The second-order valence-corrected chi connectivity index (χ2v) is 11.2. The van der Waals surface area contributed by atoms with Gasteiger partial charge in [0.1, 0.15) is 11.5 Å². The van der Waals surface area contributed by atoms with Crippen LogP contribution in [0.2, 0.25) is 0 Å². The monoisotopic (exact) mass is 555 g/mol. The molecule has 0 radical (unpaired) electrons. The van der Waals surface area contributed by atoms with Gasteiger partial charge in [-0.05, 0) is 69.4 Å². The topological polar surface area (TPSA) is 98.1 Å². The van der Waals surface area contributed by atoms with Gasteiger partial charge in [0.2, 0.25) is 0 Å². The largest absolute Gasteiger partial charge is 0.478 e. The molecule has 2 N–H and O–H groups in total. The Hall–Kier alpha value is -4.27. The number of aliphatic imine (C=N–C) groups is 1. The summed E-state index contributed by atoms with van der Waals surface area (Å²) < 4.78 is 15.7. The number of hydrazine groups is 1. The quantitative estimate of drug-likeness (QED) is 0.460. The fourth-order valence-electron chi connectivity index (χ4n) is 5.78. The number of likely N-dealkylation sites (tertiary alicyclic amines) is 1. The second kappa shape index (κ2) is 11.0. The Balaban J connectivity index is 1.35. The summed E-state index contributed by atoms with van der Waals surface area (Å²) in [4.78, 5) is 35.8. The van der Waals surface area contributed by atoms with Gasteiger partial charge in [0, 0.05) is 52.8 Å². The van der Waals surface area contributed by atoms with E-state index in [1.165, 1.54) is 18.3 Å². The molecular formula is C32H34FN5O3. The molecule has 4 heterocycles. The van der Waals surface area contributed by atoms with Crippen LogP contribution in [0.25, 0.3) is 16.8 Å². The Morgan fingerprint density at radius 2 is 1.93 bits per heavy atom. The Labute approximate surface area is 238 Å². The van der Waals surface area contributed by atoms with Gasteiger partial charge in [-0.2, -0.15) is 0 Å². The highest BCUT2D eigenvalue weighted by molar-refractivity contribution is 6.43. The number of aromatic carboxylic acids is 1. The van der Waals surface area contributed by atoms with E-state index in [9.17, 15) is 9.59 Å². The molecule has 1 amide bonds. The molecule has 3 aliphatic heterocycles. The number of aromatic nitrogens is 1. The van der Waals surface area contributed by atoms with E-state index in [0.29, 0.717) is 46.3 Å². The molecule has 8 nitrogen and oxygen atoms in total. The van der Waals surface area contributed by atoms with E-state index >= 15 is 4.39 Å². The number of carboxylic acids is 1. The lowest BCUT2D eigenvalue weighted by Gasteiger charge is -2.37. The maximum Gasteiger partial charge on any atom is 0.337 e. The van der Waals surface area contributed by atoms with Crippen molar-refractivity contribution >= 4 is 23.2 Å². The van der Waals surface area contributed by atoms with Gasteiger partial charge in [0.15, 0.2) is 5.82 Å². The molecule has 41 heavy (non-hydrogen) atoms. The summed E-state index contributed by atoms with van der Waals surface area (Å²) in [6, 6.07) is 8.11. The number of fused-ring (bicyclic) bond motifs is 1. The van der Waals surface area contributed by atoms with Gasteiger partial charge in [-0.15, -0.1) is 0 Å². The SMILES string of the molecule is CCC1=C(c2ccc(-c3ccc(C(=O)O)cn3)cc2F)C=C2N=C(C(=O)N3CCCCC[C@H]3C)C=C(C3CC3)N2N1. The predicted molar refractivity (Wildman–Crippen MR) is 155 cm³/mol.